The number of hydrogen-bond donors (Lipinski definition) is 3. The van der Waals surface area contributed by atoms with E-state index in [1.54, 1.807) is 31.4 Å². The highest BCUT2D eigenvalue weighted by Crippen LogP contribution is 2.49. The molecule has 0 saturated heterocycles. The third-order valence-corrected chi connectivity index (χ3v) is 4.24. The Bertz CT molecular complexity index is 627. The van der Waals surface area contributed by atoms with Crippen LogP contribution in [-0.2, 0) is 11.1 Å². The standard InChI is InChI=1S/C15H18NO4P/c1-20-14-9-5-6-12(10-14)11-16-15(21(17,18)19)13-7-3-2-4-8-13/h2-10,15-16H,11H2,1H3,(H2,17,18,19). The Hall–Kier alpha value is -1.65. The van der Waals surface area contributed by atoms with Crippen molar-refractivity contribution in [1.29, 1.82) is 0 Å². The summed E-state index contributed by atoms with van der Waals surface area (Å²) in [6.45, 7) is 0.335. The van der Waals surface area contributed by atoms with E-state index in [-0.39, 0.29) is 0 Å². The van der Waals surface area contributed by atoms with Gasteiger partial charge in [0.15, 0.2) is 0 Å². The molecule has 5 nitrogen and oxygen atoms in total. The van der Waals surface area contributed by atoms with Gasteiger partial charge in [-0.25, -0.2) is 0 Å². The Balaban J connectivity index is 2.15. The fourth-order valence-corrected chi connectivity index (χ4v) is 2.95. The summed E-state index contributed by atoms with van der Waals surface area (Å²) in [5, 5.41) is 2.92. The number of rotatable bonds is 6. The van der Waals surface area contributed by atoms with Crippen LogP contribution in [-0.4, -0.2) is 16.9 Å². The average molecular weight is 307 g/mol. The van der Waals surface area contributed by atoms with Gasteiger partial charge in [-0.2, -0.15) is 0 Å². The molecule has 3 N–H and O–H groups in total. The van der Waals surface area contributed by atoms with E-state index in [1.165, 1.54) is 0 Å². The van der Waals surface area contributed by atoms with Crippen molar-refractivity contribution >= 4 is 7.60 Å². The van der Waals surface area contributed by atoms with Crippen LogP contribution in [0.15, 0.2) is 54.6 Å². The van der Waals surface area contributed by atoms with E-state index in [2.05, 4.69) is 5.32 Å². The maximum atomic E-state index is 11.7. The first-order chi connectivity index (χ1) is 10.0. The maximum Gasteiger partial charge on any atom is 0.346 e. The molecule has 0 heterocycles. The van der Waals surface area contributed by atoms with Crippen molar-refractivity contribution in [2.75, 3.05) is 7.11 Å². The second-order valence-electron chi connectivity index (χ2n) is 4.63. The monoisotopic (exact) mass is 307 g/mol. The van der Waals surface area contributed by atoms with Crippen LogP contribution >= 0.6 is 7.60 Å². The molecule has 0 fully saturated rings. The summed E-state index contributed by atoms with van der Waals surface area (Å²) in [6.07, 6.45) is 0. The fourth-order valence-electron chi connectivity index (χ4n) is 2.06. The Morgan fingerprint density at radius 3 is 2.48 bits per heavy atom. The normalized spacial score (nSPS) is 12.9. The molecule has 0 aromatic heterocycles. The second kappa shape index (κ2) is 6.87. The molecular formula is C15H18NO4P. The molecule has 2 rings (SSSR count). The lowest BCUT2D eigenvalue weighted by molar-refractivity contribution is 0.347. The van der Waals surface area contributed by atoms with E-state index in [9.17, 15) is 14.4 Å². The predicted octanol–water partition coefficient (Wildman–Crippen LogP) is 2.66. The van der Waals surface area contributed by atoms with Crippen LogP contribution in [0.25, 0.3) is 0 Å². The molecule has 2 aromatic rings. The number of hydrogen-bond acceptors (Lipinski definition) is 3. The first-order valence-corrected chi connectivity index (χ1v) is 8.15. The van der Waals surface area contributed by atoms with Crippen LogP contribution in [0, 0.1) is 0 Å². The van der Waals surface area contributed by atoms with Crippen molar-refractivity contribution < 1.29 is 19.1 Å². The zero-order valence-electron chi connectivity index (χ0n) is 11.6. The lowest BCUT2D eigenvalue weighted by Crippen LogP contribution is -2.21. The van der Waals surface area contributed by atoms with Gasteiger partial charge in [-0.15, -0.1) is 0 Å². The molecule has 0 aliphatic heterocycles. The van der Waals surface area contributed by atoms with Gasteiger partial charge in [0.2, 0.25) is 0 Å². The van der Waals surface area contributed by atoms with Gasteiger partial charge in [0, 0.05) is 6.54 Å². The van der Waals surface area contributed by atoms with Crippen molar-refractivity contribution in [3.8, 4) is 5.75 Å². The molecule has 6 heteroatoms. The number of nitrogens with one attached hydrogen (secondary N) is 1. The van der Waals surface area contributed by atoms with Crippen LogP contribution in [0.3, 0.4) is 0 Å². The largest absolute Gasteiger partial charge is 0.497 e. The summed E-state index contributed by atoms with van der Waals surface area (Å²) in [5.41, 5.74) is 1.46. The van der Waals surface area contributed by atoms with Gasteiger partial charge >= 0.3 is 7.60 Å². The average Bonchev–Trinajstić information content (AvgIpc) is 2.47. The molecule has 0 spiro atoms. The van der Waals surface area contributed by atoms with Gasteiger partial charge in [-0.3, -0.25) is 9.88 Å². The zero-order chi connectivity index (χ0) is 15.3. The topological polar surface area (TPSA) is 78.8 Å². The first kappa shape index (κ1) is 15.7. The summed E-state index contributed by atoms with van der Waals surface area (Å²) in [4.78, 5) is 19.1. The molecule has 0 bridgehead atoms. The highest BCUT2D eigenvalue weighted by Gasteiger charge is 2.29. The van der Waals surface area contributed by atoms with Crippen molar-refractivity contribution in [2.45, 2.75) is 12.3 Å². The molecule has 112 valence electrons. The van der Waals surface area contributed by atoms with Gasteiger partial charge in [-0.05, 0) is 23.3 Å². The van der Waals surface area contributed by atoms with Crippen LogP contribution < -0.4 is 10.1 Å². The minimum Gasteiger partial charge on any atom is -0.497 e. The molecule has 2 aromatic carbocycles. The molecule has 21 heavy (non-hydrogen) atoms. The summed E-state index contributed by atoms with van der Waals surface area (Å²) in [7, 11) is -2.72. The zero-order valence-corrected chi connectivity index (χ0v) is 12.5. The Morgan fingerprint density at radius 2 is 1.86 bits per heavy atom. The van der Waals surface area contributed by atoms with Crippen molar-refractivity contribution in [3.63, 3.8) is 0 Å². The molecule has 0 amide bonds. The van der Waals surface area contributed by atoms with Gasteiger partial charge in [0.25, 0.3) is 0 Å². The van der Waals surface area contributed by atoms with Gasteiger partial charge < -0.3 is 14.5 Å². The summed E-state index contributed by atoms with van der Waals surface area (Å²) < 4.78 is 16.8. The quantitative estimate of drug-likeness (QED) is 0.715. The summed E-state index contributed by atoms with van der Waals surface area (Å²) in [5.74, 6) is -0.313. The van der Waals surface area contributed by atoms with E-state index in [0.717, 1.165) is 5.56 Å². The number of benzene rings is 2. The third kappa shape index (κ3) is 4.41. The smallest absolute Gasteiger partial charge is 0.346 e. The maximum absolute atomic E-state index is 11.7. The molecule has 0 aliphatic carbocycles. The second-order valence-corrected chi connectivity index (χ2v) is 6.33. The van der Waals surface area contributed by atoms with Gasteiger partial charge in [-0.1, -0.05) is 42.5 Å². The third-order valence-electron chi connectivity index (χ3n) is 3.09. The number of methoxy groups -OCH3 is 1. The van der Waals surface area contributed by atoms with E-state index in [4.69, 9.17) is 4.74 Å². The SMILES string of the molecule is COc1cccc(CNC(c2ccccc2)P(=O)(O)O)c1. The van der Waals surface area contributed by atoms with E-state index in [0.29, 0.717) is 17.9 Å². The van der Waals surface area contributed by atoms with Crippen molar-refractivity contribution in [3.05, 3.63) is 65.7 Å². The first-order valence-electron chi connectivity index (χ1n) is 6.47. The molecule has 0 saturated carbocycles. The van der Waals surface area contributed by atoms with Gasteiger partial charge in [0.05, 0.1) is 7.11 Å². The van der Waals surface area contributed by atoms with Gasteiger partial charge in [0.1, 0.15) is 11.5 Å². The van der Waals surface area contributed by atoms with E-state index in [1.807, 2.05) is 30.3 Å². The van der Waals surface area contributed by atoms with Crippen LogP contribution in [0.5, 0.6) is 5.75 Å². The molecule has 0 aliphatic rings. The molecule has 1 atom stereocenters. The Morgan fingerprint density at radius 1 is 1.14 bits per heavy atom. The Kier molecular flexibility index (Phi) is 5.15. The summed E-state index contributed by atoms with van der Waals surface area (Å²) in [6, 6.07) is 16.1. The van der Waals surface area contributed by atoms with Crippen LogP contribution in [0.4, 0.5) is 0 Å². The molecule has 0 radical (unpaired) electrons. The highest BCUT2D eigenvalue weighted by atomic mass is 31.2. The minimum atomic E-state index is -4.30. The van der Waals surface area contributed by atoms with Crippen LogP contribution in [0.1, 0.15) is 16.9 Å². The van der Waals surface area contributed by atoms with Crippen LogP contribution in [0.2, 0.25) is 0 Å². The van der Waals surface area contributed by atoms with Crippen molar-refractivity contribution in [1.82, 2.24) is 5.32 Å². The minimum absolute atomic E-state index is 0.335. The summed E-state index contributed by atoms with van der Waals surface area (Å²) >= 11 is 0. The van der Waals surface area contributed by atoms with E-state index < -0.39 is 13.4 Å². The predicted molar refractivity (Wildman–Crippen MR) is 81.1 cm³/mol. The lowest BCUT2D eigenvalue weighted by atomic mass is 10.2. The lowest BCUT2D eigenvalue weighted by Gasteiger charge is -2.20. The molecule has 1 unspecified atom stereocenters. The van der Waals surface area contributed by atoms with Crippen molar-refractivity contribution in [2.24, 2.45) is 0 Å². The molecular weight excluding hydrogens is 289 g/mol. The van der Waals surface area contributed by atoms with E-state index >= 15 is 0 Å². The highest BCUT2D eigenvalue weighted by molar-refractivity contribution is 7.52. The Labute approximate surface area is 123 Å². The number of ether oxygens (including phenoxy) is 1. The fraction of sp³-hybridized carbons (Fsp3) is 0.200.